The lowest BCUT2D eigenvalue weighted by atomic mass is 10.2. The Morgan fingerprint density at radius 3 is 2.65 bits per heavy atom. The van der Waals surface area contributed by atoms with Gasteiger partial charge in [0.25, 0.3) is 0 Å². The summed E-state index contributed by atoms with van der Waals surface area (Å²) in [5, 5.41) is 3.28. The SMILES string of the molecule is C=C(Br)COc1ccc(CNCCOC)cc1. The van der Waals surface area contributed by atoms with Gasteiger partial charge in [0.2, 0.25) is 0 Å². The van der Waals surface area contributed by atoms with Gasteiger partial charge in [-0.05, 0) is 17.7 Å². The summed E-state index contributed by atoms with van der Waals surface area (Å²) >= 11 is 3.25. The normalized spacial score (nSPS) is 10.2. The Hall–Kier alpha value is -0.840. The van der Waals surface area contributed by atoms with Crippen LogP contribution in [-0.2, 0) is 11.3 Å². The molecular formula is C13H18BrNO2. The Morgan fingerprint density at radius 1 is 1.35 bits per heavy atom. The van der Waals surface area contributed by atoms with E-state index >= 15 is 0 Å². The van der Waals surface area contributed by atoms with Crippen molar-refractivity contribution in [2.45, 2.75) is 6.54 Å². The number of ether oxygens (including phenoxy) is 2. The fourth-order valence-electron chi connectivity index (χ4n) is 1.27. The Labute approximate surface area is 111 Å². The first-order valence-electron chi connectivity index (χ1n) is 5.47. The maximum atomic E-state index is 5.48. The van der Waals surface area contributed by atoms with Crippen LogP contribution in [0.1, 0.15) is 5.56 Å². The molecule has 4 heteroatoms. The van der Waals surface area contributed by atoms with Crippen molar-refractivity contribution in [3.05, 3.63) is 40.9 Å². The molecule has 0 aliphatic rings. The van der Waals surface area contributed by atoms with Gasteiger partial charge in [0, 0.05) is 24.7 Å². The minimum Gasteiger partial charge on any atom is -0.488 e. The zero-order chi connectivity index (χ0) is 12.5. The highest BCUT2D eigenvalue weighted by Crippen LogP contribution is 2.13. The number of benzene rings is 1. The maximum Gasteiger partial charge on any atom is 0.119 e. The van der Waals surface area contributed by atoms with Crippen LogP contribution in [0.3, 0.4) is 0 Å². The molecule has 0 aliphatic carbocycles. The van der Waals surface area contributed by atoms with Crippen LogP contribution in [0.15, 0.2) is 35.3 Å². The molecule has 1 rings (SSSR count). The van der Waals surface area contributed by atoms with Crippen molar-refractivity contribution in [3.63, 3.8) is 0 Å². The van der Waals surface area contributed by atoms with Crippen LogP contribution in [0.25, 0.3) is 0 Å². The van der Waals surface area contributed by atoms with Gasteiger partial charge < -0.3 is 14.8 Å². The molecule has 1 aromatic carbocycles. The number of rotatable bonds is 8. The van der Waals surface area contributed by atoms with Crippen molar-refractivity contribution in [3.8, 4) is 5.75 Å². The lowest BCUT2D eigenvalue weighted by molar-refractivity contribution is 0.199. The molecule has 0 saturated heterocycles. The summed E-state index contributed by atoms with van der Waals surface area (Å²) in [7, 11) is 1.70. The summed E-state index contributed by atoms with van der Waals surface area (Å²) in [6.07, 6.45) is 0. The van der Waals surface area contributed by atoms with E-state index in [2.05, 4.69) is 27.8 Å². The van der Waals surface area contributed by atoms with Crippen LogP contribution in [0, 0.1) is 0 Å². The first-order chi connectivity index (χ1) is 8.22. The molecule has 3 nitrogen and oxygen atoms in total. The summed E-state index contributed by atoms with van der Waals surface area (Å²) < 4.78 is 11.3. The Morgan fingerprint density at radius 2 is 2.06 bits per heavy atom. The van der Waals surface area contributed by atoms with Crippen molar-refractivity contribution < 1.29 is 9.47 Å². The van der Waals surface area contributed by atoms with E-state index in [-0.39, 0.29) is 0 Å². The molecule has 0 fully saturated rings. The van der Waals surface area contributed by atoms with E-state index in [1.807, 2.05) is 24.3 Å². The highest BCUT2D eigenvalue weighted by molar-refractivity contribution is 9.11. The molecule has 0 spiro atoms. The van der Waals surface area contributed by atoms with Crippen molar-refractivity contribution >= 4 is 15.9 Å². The van der Waals surface area contributed by atoms with Crippen LogP contribution in [0.4, 0.5) is 0 Å². The lowest BCUT2D eigenvalue weighted by Crippen LogP contribution is -2.18. The maximum absolute atomic E-state index is 5.48. The highest BCUT2D eigenvalue weighted by atomic mass is 79.9. The smallest absolute Gasteiger partial charge is 0.119 e. The summed E-state index contributed by atoms with van der Waals surface area (Å²) in [5.74, 6) is 0.853. The minimum atomic E-state index is 0.492. The molecule has 0 heterocycles. The van der Waals surface area contributed by atoms with Gasteiger partial charge in [-0.25, -0.2) is 0 Å². The third-order valence-corrected chi connectivity index (χ3v) is 2.36. The lowest BCUT2D eigenvalue weighted by Gasteiger charge is -2.07. The van der Waals surface area contributed by atoms with Crippen LogP contribution in [-0.4, -0.2) is 26.9 Å². The van der Waals surface area contributed by atoms with Crippen molar-refractivity contribution in [1.82, 2.24) is 5.32 Å². The molecule has 0 amide bonds. The summed E-state index contributed by atoms with van der Waals surface area (Å²) in [6.45, 7) is 6.64. The average molecular weight is 300 g/mol. The Bertz CT molecular complexity index is 338. The van der Waals surface area contributed by atoms with Gasteiger partial charge >= 0.3 is 0 Å². The number of nitrogens with one attached hydrogen (secondary N) is 1. The van der Waals surface area contributed by atoms with Gasteiger partial charge in [0.05, 0.1) is 6.61 Å². The zero-order valence-corrected chi connectivity index (χ0v) is 11.6. The predicted molar refractivity (Wildman–Crippen MR) is 73.6 cm³/mol. The first kappa shape index (κ1) is 14.2. The van der Waals surface area contributed by atoms with Crippen LogP contribution >= 0.6 is 15.9 Å². The molecule has 1 aromatic rings. The average Bonchev–Trinajstić information content (AvgIpc) is 2.33. The molecule has 0 radical (unpaired) electrons. The van der Waals surface area contributed by atoms with Gasteiger partial charge in [-0.15, -0.1) is 0 Å². The first-order valence-corrected chi connectivity index (χ1v) is 6.26. The van der Waals surface area contributed by atoms with Gasteiger partial charge in [-0.2, -0.15) is 0 Å². The van der Waals surface area contributed by atoms with Gasteiger partial charge in [0.15, 0.2) is 0 Å². The second-order valence-electron chi connectivity index (χ2n) is 3.62. The van der Waals surface area contributed by atoms with Gasteiger partial charge in [-0.1, -0.05) is 34.6 Å². The van der Waals surface area contributed by atoms with E-state index in [0.29, 0.717) is 6.61 Å². The summed E-state index contributed by atoms with van der Waals surface area (Å²) in [5.41, 5.74) is 1.23. The molecule has 0 bridgehead atoms. The molecule has 17 heavy (non-hydrogen) atoms. The van der Waals surface area contributed by atoms with E-state index < -0.39 is 0 Å². The van der Waals surface area contributed by atoms with Crippen molar-refractivity contribution in [2.24, 2.45) is 0 Å². The van der Waals surface area contributed by atoms with E-state index in [1.165, 1.54) is 5.56 Å². The van der Waals surface area contributed by atoms with E-state index in [1.54, 1.807) is 7.11 Å². The Balaban J connectivity index is 2.31. The number of halogens is 1. The third kappa shape index (κ3) is 6.46. The Kier molecular flexibility index (Phi) is 6.93. The predicted octanol–water partition coefficient (Wildman–Crippen LogP) is 2.71. The quantitative estimate of drug-likeness (QED) is 0.749. The zero-order valence-electron chi connectivity index (χ0n) is 10.0. The largest absolute Gasteiger partial charge is 0.488 e. The van der Waals surface area contributed by atoms with Crippen LogP contribution < -0.4 is 10.1 Å². The minimum absolute atomic E-state index is 0.492. The van der Waals surface area contributed by atoms with Crippen LogP contribution in [0.2, 0.25) is 0 Å². The number of methoxy groups -OCH3 is 1. The van der Waals surface area contributed by atoms with Gasteiger partial charge in [0.1, 0.15) is 12.4 Å². The fourth-order valence-corrected chi connectivity index (χ4v) is 1.39. The van der Waals surface area contributed by atoms with Crippen molar-refractivity contribution in [2.75, 3.05) is 26.9 Å². The molecule has 0 aromatic heterocycles. The highest BCUT2D eigenvalue weighted by Gasteiger charge is 1.96. The van der Waals surface area contributed by atoms with Crippen LogP contribution in [0.5, 0.6) is 5.75 Å². The molecule has 94 valence electrons. The number of hydrogen-bond acceptors (Lipinski definition) is 3. The standard InChI is InChI=1S/C13H18BrNO2/c1-11(14)10-17-13-5-3-12(4-6-13)9-15-7-8-16-2/h3-6,15H,1,7-10H2,2H3. The van der Waals surface area contributed by atoms with E-state index in [0.717, 1.165) is 29.9 Å². The summed E-state index contributed by atoms with van der Waals surface area (Å²) in [4.78, 5) is 0. The molecule has 1 N–H and O–H groups in total. The number of hydrogen-bond donors (Lipinski definition) is 1. The second-order valence-corrected chi connectivity index (χ2v) is 4.74. The second kappa shape index (κ2) is 8.28. The fraction of sp³-hybridized carbons (Fsp3) is 0.385. The molecule has 0 atom stereocenters. The molecule has 0 unspecified atom stereocenters. The molecule has 0 saturated carbocycles. The van der Waals surface area contributed by atoms with E-state index in [9.17, 15) is 0 Å². The van der Waals surface area contributed by atoms with Crippen molar-refractivity contribution in [1.29, 1.82) is 0 Å². The third-order valence-electron chi connectivity index (χ3n) is 2.13. The molecule has 0 aliphatic heterocycles. The molecular weight excluding hydrogens is 282 g/mol. The van der Waals surface area contributed by atoms with E-state index in [4.69, 9.17) is 9.47 Å². The topological polar surface area (TPSA) is 30.5 Å². The van der Waals surface area contributed by atoms with Gasteiger partial charge in [-0.3, -0.25) is 0 Å². The summed E-state index contributed by atoms with van der Waals surface area (Å²) in [6, 6.07) is 8.02. The monoisotopic (exact) mass is 299 g/mol.